The van der Waals surface area contributed by atoms with E-state index in [0.29, 0.717) is 5.95 Å². The molecule has 1 aromatic carbocycles. The van der Waals surface area contributed by atoms with Gasteiger partial charge in [0.05, 0.1) is 0 Å². The summed E-state index contributed by atoms with van der Waals surface area (Å²) in [4.78, 5) is 9.15. The highest BCUT2D eigenvalue weighted by Gasteiger charge is 2.07. The number of rotatable bonds is 7. The summed E-state index contributed by atoms with van der Waals surface area (Å²) < 4.78 is 0. The number of nitrogens with one attached hydrogen (secondary N) is 2. The van der Waals surface area contributed by atoms with Gasteiger partial charge in [0.15, 0.2) is 0 Å². The third kappa shape index (κ3) is 5.05. The van der Waals surface area contributed by atoms with E-state index in [2.05, 4.69) is 51.8 Å². The van der Waals surface area contributed by atoms with Crippen molar-refractivity contribution in [2.75, 3.05) is 17.2 Å². The zero-order valence-electron chi connectivity index (χ0n) is 15.3. The standard InChI is InChI=1S/C21H28N4/c1-3-18-11-7-8-12-19(18)24-20-15-16(2)23-21(25-20)22-14-13-17-9-5-4-6-10-17/h7-9,11-12,15H,3-6,10,13-14H2,1-2H3,(H2,22,23,24,25). The molecule has 0 unspecified atom stereocenters. The third-order valence-electron chi connectivity index (χ3n) is 4.63. The van der Waals surface area contributed by atoms with Gasteiger partial charge >= 0.3 is 0 Å². The lowest BCUT2D eigenvalue weighted by molar-refractivity contribution is 0.679. The minimum atomic E-state index is 0.702. The Hall–Kier alpha value is -2.36. The molecule has 2 N–H and O–H groups in total. The minimum Gasteiger partial charge on any atom is -0.354 e. The molecular formula is C21H28N4. The van der Waals surface area contributed by atoms with E-state index in [4.69, 9.17) is 0 Å². The molecule has 132 valence electrons. The molecule has 4 nitrogen and oxygen atoms in total. The molecule has 1 aromatic heterocycles. The molecule has 3 rings (SSSR count). The first-order valence-electron chi connectivity index (χ1n) is 9.37. The quantitative estimate of drug-likeness (QED) is 0.665. The molecule has 2 aromatic rings. The molecule has 1 heterocycles. The smallest absolute Gasteiger partial charge is 0.224 e. The predicted octanol–water partition coefficient (Wildman–Crippen LogP) is 5.39. The number of hydrogen-bond acceptors (Lipinski definition) is 4. The van der Waals surface area contributed by atoms with Crippen molar-refractivity contribution in [1.82, 2.24) is 9.97 Å². The van der Waals surface area contributed by atoms with Gasteiger partial charge in [0.1, 0.15) is 5.82 Å². The fourth-order valence-corrected chi connectivity index (χ4v) is 3.27. The molecule has 1 aliphatic rings. The summed E-state index contributed by atoms with van der Waals surface area (Å²) in [7, 11) is 0. The molecule has 0 saturated heterocycles. The van der Waals surface area contributed by atoms with Crippen LogP contribution in [0.2, 0.25) is 0 Å². The molecule has 25 heavy (non-hydrogen) atoms. The van der Waals surface area contributed by atoms with Gasteiger partial charge in [-0.3, -0.25) is 0 Å². The summed E-state index contributed by atoms with van der Waals surface area (Å²) in [5.74, 6) is 1.54. The van der Waals surface area contributed by atoms with E-state index in [9.17, 15) is 0 Å². The van der Waals surface area contributed by atoms with E-state index < -0.39 is 0 Å². The minimum absolute atomic E-state index is 0.702. The lowest BCUT2D eigenvalue weighted by atomic mass is 9.97. The van der Waals surface area contributed by atoms with Crippen molar-refractivity contribution in [1.29, 1.82) is 0 Å². The molecular weight excluding hydrogens is 308 g/mol. The molecule has 0 spiro atoms. The lowest BCUT2D eigenvalue weighted by Gasteiger charge is -2.14. The predicted molar refractivity (Wildman–Crippen MR) is 106 cm³/mol. The Balaban J connectivity index is 1.64. The van der Waals surface area contributed by atoms with Gasteiger partial charge < -0.3 is 10.6 Å². The fourth-order valence-electron chi connectivity index (χ4n) is 3.27. The van der Waals surface area contributed by atoms with Gasteiger partial charge in [0, 0.05) is 24.0 Å². The topological polar surface area (TPSA) is 49.8 Å². The van der Waals surface area contributed by atoms with Gasteiger partial charge in [0.2, 0.25) is 5.95 Å². The number of allylic oxidation sites excluding steroid dienone is 1. The highest BCUT2D eigenvalue weighted by molar-refractivity contribution is 5.61. The molecule has 4 heteroatoms. The summed E-state index contributed by atoms with van der Waals surface area (Å²) in [6.45, 7) is 5.06. The summed E-state index contributed by atoms with van der Waals surface area (Å²) in [5, 5.41) is 6.83. The number of nitrogens with zero attached hydrogens (tertiary/aromatic N) is 2. The van der Waals surface area contributed by atoms with Crippen molar-refractivity contribution in [2.45, 2.75) is 52.4 Å². The van der Waals surface area contributed by atoms with Crippen LogP contribution in [-0.2, 0) is 6.42 Å². The van der Waals surface area contributed by atoms with Gasteiger partial charge in [-0.05, 0) is 57.1 Å². The van der Waals surface area contributed by atoms with Crippen LogP contribution in [0.4, 0.5) is 17.5 Å². The second-order valence-electron chi connectivity index (χ2n) is 6.64. The van der Waals surface area contributed by atoms with E-state index in [1.165, 1.54) is 31.2 Å². The zero-order valence-corrected chi connectivity index (χ0v) is 15.3. The monoisotopic (exact) mass is 336 g/mol. The van der Waals surface area contributed by atoms with Crippen LogP contribution in [0.1, 0.15) is 50.3 Å². The Morgan fingerprint density at radius 3 is 2.80 bits per heavy atom. The van der Waals surface area contributed by atoms with Gasteiger partial charge in [-0.25, -0.2) is 4.98 Å². The van der Waals surface area contributed by atoms with Crippen molar-refractivity contribution < 1.29 is 0 Å². The van der Waals surface area contributed by atoms with Crippen molar-refractivity contribution in [3.05, 3.63) is 53.2 Å². The average Bonchev–Trinajstić information content (AvgIpc) is 2.63. The summed E-state index contributed by atoms with van der Waals surface area (Å²) >= 11 is 0. The molecule has 0 saturated carbocycles. The van der Waals surface area contributed by atoms with E-state index >= 15 is 0 Å². The molecule has 1 aliphatic carbocycles. The van der Waals surface area contributed by atoms with Crippen molar-refractivity contribution in [3.8, 4) is 0 Å². The van der Waals surface area contributed by atoms with Crippen molar-refractivity contribution in [3.63, 3.8) is 0 Å². The number of aromatic nitrogens is 2. The van der Waals surface area contributed by atoms with Crippen LogP contribution >= 0.6 is 0 Å². The van der Waals surface area contributed by atoms with E-state index in [1.54, 1.807) is 5.57 Å². The maximum atomic E-state index is 4.63. The largest absolute Gasteiger partial charge is 0.354 e. The Morgan fingerprint density at radius 2 is 2.00 bits per heavy atom. The second kappa shape index (κ2) is 8.65. The second-order valence-corrected chi connectivity index (χ2v) is 6.64. The van der Waals surface area contributed by atoms with E-state index in [1.807, 2.05) is 19.1 Å². The van der Waals surface area contributed by atoms with Gasteiger partial charge in [-0.2, -0.15) is 4.98 Å². The first kappa shape index (κ1) is 17.5. The highest BCUT2D eigenvalue weighted by atomic mass is 15.1. The van der Waals surface area contributed by atoms with Crippen LogP contribution in [0, 0.1) is 6.92 Å². The highest BCUT2D eigenvalue weighted by Crippen LogP contribution is 2.22. The molecule has 0 aliphatic heterocycles. The SMILES string of the molecule is CCc1ccccc1Nc1cc(C)nc(NCCC2=CCCCC2)n1. The van der Waals surface area contributed by atoms with Crippen LogP contribution in [0.3, 0.4) is 0 Å². The Labute approximate surface area is 150 Å². The van der Waals surface area contributed by atoms with Crippen LogP contribution < -0.4 is 10.6 Å². The maximum absolute atomic E-state index is 4.63. The Morgan fingerprint density at radius 1 is 1.12 bits per heavy atom. The number of anilines is 3. The molecule has 0 bridgehead atoms. The third-order valence-corrected chi connectivity index (χ3v) is 4.63. The number of hydrogen-bond donors (Lipinski definition) is 2. The normalized spacial score (nSPS) is 14.1. The number of aryl methyl sites for hydroxylation is 2. The van der Waals surface area contributed by atoms with Gasteiger partial charge in [-0.15, -0.1) is 0 Å². The van der Waals surface area contributed by atoms with Crippen LogP contribution in [-0.4, -0.2) is 16.5 Å². The van der Waals surface area contributed by atoms with E-state index in [0.717, 1.165) is 36.6 Å². The molecule has 0 fully saturated rings. The summed E-state index contributed by atoms with van der Waals surface area (Å²) in [6.07, 6.45) is 9.63. The first-order chi connectivity index (χ1) is 12.2. The summed E-state index contributed by atoms with van der Waals surface area (Å²) in [6, 6.07) is 10.3. The fraction of sp³-hybridized carbons (Fsp3) is 0.429. The summed E-state index contributed by atoms with van der Waals surface area (Å²) in [5.41, 5.74) is 4.94. The Bertz CT molecular complexity index is 736. The molecule has 0 amide bonds. The van der Waals surface area contributed by atoms with Crippen molar-refractivity contribution in [2.24, 2.45) is 0 Å². The zero-order chi connectivity index (χ0) is 17.5. The van der Waals surface area contributed by atoms with E-state index in [-0.39, 0.29) is 0 Å². The Kier molecular flexibility index (Phi) is 6.04. The number of benzene rings is 1. The van der Waals surface area contributed by atoms with Gasteiger partial charge in [0.25, 0.3) is 0 Å². The molecule has 0 atom stereocenters. The maximum Gasteiger partial charge on any atom is 0.224 e. The van der Waals surface area contributed by atoms with Crippen LogP contribution in [0.15, 0.2) is 42.0 Å². The molecule has 0 radical (unpaired) electrons. The average molecular weight is 336 g/mol. The number of para-hydroxylation sites is 1. The first-order valence-corrected chi connectivity index (χ1v) is 9.37. The van der Waals surface area contributed by atoms with Crippen LogP contribution in [0.25, 0.3) is 0 Å². The van der Waals surface area contributed by atoms with Crippen LogP contribution in [0.5, 0.6) is 0 Å². The van der Waals surface area contributed by atoms with Gasteiger partial charge in [-0.1, -0.05) is 36.8 Å². The lowest BCUT2D eigenvalue weighted by Crippen LogP contribution is -2.09. The van der Waals surface area contributed by atoms with Crippen molar-refractivity contribution >= 4 is 17.5 Å².